The second kappa shape index (κ2) is 4.02. The normalized spacial score (nSPS) is 20.9. The Balaban J connectivity index is 2.47. The van der Waals surface area contributed by atoms with Gasteiger partial charge in [-0.25, -0.2) is 14.8 Å². The van der Waals surface area contributed by atoms with Crippen LogP contribution in [0.25, 0.3) is 10.9 Å². The average Bonchev–Trinajstić information content (AvgIpc) is 2.29. The van der Waals surface area contributed by atoms with Crippen molar-refractivity contribution in [2.45, 2.75) is 45.1 Å². The van der Waals surface area contributed by atoms with E-state index in [4.69, 9.17) is 10.2 Å². The number of hydrogen-bond acceptors (Lipinski definition) is 6. The summed E-state index contributed by atoms with van der Waals surface area (Å²) in [6.07, 6.45) is 0.480. The molecule has 20 heavy (non-hydrogen) atoms. The first kappa shape index (κ1) is 13.1. The third kappa shape index (κ3) is 1.79. The first-order valence-corrected chi connectivity index (χ1v) is 6.58. The van der Waals surface area contributed by atoms with Crippen molar-refractivity contribution in [3.63, 3.8) is 0 Å². The zero-order valence-corrected chi connectivity index (χ0v) is 11.7. The van der Waals surface area contributed by atoms with E-state index < -0.39 is 17.1 Å². The van der Waals surface area contributed by atoms with Gasteiger partial charge in [0.25, 0.3) is 0 Å². The highest BCUT2D eigenvalue weighted by atomic mass is 16.4. The van der Waals surface area contributed by atoms with Crippen molar-refractivity contribution >= 4 is 16.9 Å². The summed E-state index contributed by atoms with van der Waals surface area (Å²) in [5.74, 6) is 0.721. The van der Waals surface area contributed by atoms with Gasteiger partial charge >= 0.3 is 5.63 Å². The molecule has 0 bridgehead atoms. The summed E-state index contributed by atoms with van der Waals surface area (Å²) >= 11 is 0. The molecule has 3 rings (SSSR count). The maximum atomic E-state index is 12.2. The molecule has 0 amide bonds. The molecule has 2 aromatic heterocycles. The van der Waals surface area contributed by atoms with Gasteiger partial charge in [0.2, 0.25) is 5.95 Å². The summed E-state index contributed by atoms with van der Waals surface area (Å²) in [5, 5.41) is 10.4. The number of rotatable bonds is 0. The Hall–Kier alpha value is -1.95. The van der Waals surface area contributed by atoms with Crippen molar-refractivity contribution in [2.75, 3.05) is 5.73 Å². The molecule has 0 spiro atoms. The lowest BCUT2D eigenvalue weighted by Crippen LogP contribution is -2.34. The molecule has 2 heterocycles. The molecule has 3 N–H and O–H groups in total. The highest BCUT2D eigenvalue weighted by Gasteiger charge is 2.37. The molecule has 6 heteroatoms. The van der Waals surface area contributed by atoms with Gasteiger partial charge in [-0.3, -0.25) is 0 Å². The molecule has 2 aromatic rings. The molecule has 0 saturated heterocycles. The van der Waals surface area contributed by atoms with Crippen LogP contribution < -0.4 is 11.4 Å². The van der Waals surface area contributed by atoms with E-state index in [1.165, 1.54) is 0 Å². The molecule has 0 unspecified atom stereocenters. The number of anilines is 1. The monoisotopic (exact) mass is 275 g/mol. The molecule has 0 fully saturated rings. The van der Waals surface area contributed by atoms with E-state index >= 15 is 0 Å². The molecule has 0 aliphatic heterocycles. The second-order valence-corrected chi connectivity index (χ2v) is 6.03. The molecule has 1 aliphatic rings. The Bertz CT molecular complexity index is 764. The lowest BCUT2D eigenvalue weighted by Gasteiger charge is -2.33. The van der Waals surface area contributed by atoms with Gasteiger partial charge in [-0.1, -0.05) is 13.8 Å². The molecule has 1 atom stereocenters. The number of nitrogen functional groups attached to an aromatic ring is 1. The van der Waals surface area contributed by atoms with Gasteiger partial charge in [0, 0.05) is 17.4 Å². The van der Waals surface area contributed by atoms with Crippen molar-refractivity contribution in [1.82, 2.24) is 9.97 Å². The van der Waals surface area contributed by atoms with Crippen LogP contribution in [0.3, 0.4) is 0 Å². The minimum Gasteiger partial charge on any atom is -0.426 e. The quantitative estimate of drug-likeness (QED) is 0.745. The van der Waals surface area contributed by atoms with E-state index in [9.17, 15) is 9.90 Å². The van der Waals surface area contributed by atoms with Gasteiger partial charge in [0.05, 0.1) is 17.3 Å². The fraction of sp³-hybridized carbons (Fsp3) is 0.500. The van der Waals surface area contributed by atoms with E-state index in [0.29, 0.717) is 35.2 Å². The summed E-state index contributed by atoms with van der Waals surface area (Å²) in [4.78, 5) is 20.4. The van der Waals surface area contributed by atoms with Crippen molar-refractivity contribution in [3.05, 3.63) is 27.4 Å². The van der Waals surface area contributed by atoms with Gasteiger partial charge in [-0.05, 0) is 13.3 Å². The van der Waals surface area contributed by atoms with E-state index in [-0.39, 0.29) is 5.95 Å². The number of fused-ring (bicyclic) bond motifs is 3. The minimum absolute atomic E-state index is 0.126. The van der Waals surface area contributed by atoms with Crippen molar-refractivity contribution in [1.29, 1.82) is 0 Å². The van der Waals surface area contributed by atoms with Gasteiger partial charge in [0.15, 0.2) is 0 Å². The predicted molar refractivity (Wildman–Crippen MR) is 74.6 cm³/mol. The lowest BCUT2D eigenvalue weighted by atomic mass is 9.75. The van der Waals surface area contributed by atoms with Gasteiger partial charge < -0.3 is 15.3 Å². The number of aryl methyl sites for hydroxylation is 1. The molecule has 0 radical (unpaired) electrons. The Labute approximate surface area is 115 Å². The zero-order chi connectivity index (χ0) is 14.7. The standard InChI is InChI=1S/C14H17N3O3/c1-6-9-10(17-13(15)16-6)8-4-7(18)5-14(2,3)11(8)20-12(9)19/h7,18H,4-5H2,1-3H3,(H2,15,16,17)/t7-/m1/s1. The smallest absolute Gasteiger partial charge is 0.347 e. The molecule has 6 nitrogen and oxygen atoms in total. The van der Waals surface area contributed by atoms with E-state index in [2.05, 4.69) is 9.97 Å². The SMILES string of the molecule is Cc1nc(N)nc2c3c(oc(=O)c12)C(C)(C)C[C@H](O)C3. The van der Waals surface area contributed by atoms with Crippen LogP contribution in [0.4, 0.5) is 5.95 Å². The molecular formula is C14H17N3O3. The third-order valence-corrected chi connectivity index (χ3v) is 3.87. The molecule has 1 aliphatic carbocycles. The second-order valence-electron chi connectivity index (χ2n) is 6.03. The van der Waals surface area contributed by atoms with Crippen LogP contribution >= 0.6 is 0 Å². The summed E-state index contributed by atoms with van der Waals surface area (Å²) in [7, 11) is 0. The van der Waals surface area contributed by atoms with Gasteiger partial charge in [0.1, 0.15) is 11.1 Å². The Morgan fingerprint density at radius 2 is 2.10 bits per heavy atom. The number of nitrogens with zero attached hydrogens (tertiary/aromatic N) is 2. The summed E-state index contributed by atoms with van der Waals surface area (Å²) in [6, 6.07) is 0. The van der Waals surface area contributed by atoms with Crippen LogP contribution in [0, 0.1) is 6.92 Å². The molecule has 106 valence electrons. The fourth-order valence-electron chi connectivity index (χ4n) is 3.10. The largest absolute Gasteiger partial charge is 0.426 e. The Morgan fingerprint density at radius 1 is 1.40 bits per heavy atom. The Morgan fingerprint density at radius 3 is 2.80 bits per heavy atom. The third-order valence-electron chi connectivity index (χ3n) is 3.87. The van der Waals surface area contributed by atoms with Crippen LogP contribution in [0.15, 0.2) is 9.21 Å². The molecular weight excluding hydrogens is 258 g/mol. The highest BCUT2D eigenvalue weighted by molar-refractivity contribution is 5.84. The van der Waals surface area contributed by atoms with Crippen LogP contribution in [-0.2, 0) is 11.8 Å². The number of aliphatic hydroxyl groups is 1. The van der Waals surface area contributed by atoms with E-state index in [0.717, 1.165) is 5.56 Å². The minimum atomic E-state index is -0.482. The van der Waals surface area contributed by atoms with Crippen LogP contribution in [0.1, 0.15) is 37.3 Å². The molecule has 0 saturated carbocycles. The number of nitrogens with two attached hydrogens (primary N) is 1. The van der Waals surface area contributed by atoms with Crippen molar-refractivity contribution in [2.24, 2.45) is 0 Å². The topological polar surface area (TPSA) is 102 Å². The first-order chi connectivity index (χ1) is 9.29. The van der Waals surface area contributed by atoms with Crippen LogP contribution in [0.2, 0.25) is 0 Å². The first-order valence-electron chi connectivity index (χ1n) is 6.58. The van der Waals surface area contributed by atoms with Crippen LogP contribution in [-0.4, -0.2) is 21.2 Å². The van der Waals surface area contributed by atoms with Crippen molar-refractivity contribution in [3.8, 4) is 0 Å². The fourth-order valence-corrected chi connectivity index (χ4v) is 3.10. The zero-order valence-electron chi connectivity index (χ0n) is 11.7. The van der Waals surface area contributed by atoms with Gasteiger partial charge in [-0.15, -0.1) is 0 Å². The Kier molecular flexibility index (Phi) is 2.62. The maximum Gasteiger partial charge on any atom is 0.347 e. The number of aromatic nitrogens is 2. The van der Waals surface area contributed by atoms with Crippen molar-refractivity contribution < 1.29 is 9.52 Å². The van der Waals surface area contributed by atoms with Gasteiger partial charge in [-0.2, -0.15) is 0 Å². The molecule has 0 aromatic carbocycles. The number of aliphatic hydroxyl groups excluding tert-OH is 1. The highest BCUT2D eigenvalue weighted by Crippen LogP contribution is 2.38. The number of hydrogen-bond donors (Lipinski definition) is 2. The van der Waals surface area contributed by atoms with Crippen LogP contribution in [0.5, 0.6) is 0 Å². The average molecular weight is 275 g/mol. The van der Waals surface area contributed by atoms with E-state index in [1.807, 2.05) is 13.8 Å². The predicted octanol–water partition coefficient (Wildman–Crippen LogP) is 1.06. The maximum absolute atomic E-state index is 12.2. The summed E-state index contributed by atoms with van der Waals surface area (Å²) < 4.78 is 5.51. The summed E-state index contributed by atoms with van der Waals surface area (Å²) in [5.41, 5.74) is 6.61. The van der Waals surface area contributed by atoms with E-state index in [1.54, 1.807) is 6.92 Å². The lowest BCUT2D eigenvalue weighted by molar-refractivity contribution is 0.115. The summed E-state index contributed by atoms with van der Waals surface area (Å²) in [6.45, 7) is 5.59.